The van der Waals surface area contributed by atoms with Crippen LogP contribution in [0.5, 0.6) is 0 Å². The molecule has 1 saturated carbocycles. The highest BCUT2D eigenvalue weighted by Crippen LogP contribution is 2.46. The average molecular weight is 348 g/mol. The van der Waals surface area contributed by atoms with E-state index in [0.717, 1.165) is 36.8 Å². The molecule has 0 amide bonds. The molecule has 1 aromatic carbocycles. The van der Waals surface area contributed by atoms with E-state index in [1.165, 1.54) is 25.7 Å². The standard InChI is InChI=1S/C16H21Cl3N2/c17-12-5-6-13(18)15(19)14(12)16(11-3-1-2-4-11)21-9-7-20-8-10-21/h5-6,11,16,20H,1-4,7-10H2/t16-/m1/s1. The van der Waals surface area contributed by atoms with E-state index in [9.17, 15) is 0 Å². The fourth-order valence-corrected chi connectivity index (χ4v) is 4.52. The van der Waals surface area contributed by atoms with Gasteiger partial charge in [-0.3, -0.25) is 4.90 Å². The van der Waals surface area contributed by atoms with Crippen molar-refractivity contribution in [3.8, 4) is 0 Å². The van der Waals surface area contributed by atoms with Gasteiger partial charge in [0.05, 0.1) is 10.0 Å². The van der Waals surface area contributed by atoms with Gasteiger partial charge in [0.25, 0.3) is 0 Å². The first kappa shape index (κ1) is 15.9. The molecule has 0 unspecified atom stereocenters. The molecule has 2 fully saturated rings. The molecular formula is C16H21Cl3N2. The van der Waals surface area contributed by atoms with Crippen molar-refractivity contribution < 1.29 is 0 Å². The largest absolute Gasteiger partial charge is 0.314 e. The van der Waals surface area contributed by atoms with Gasteiger partial charge in [-0.05, 0) is 30.9 Å². The summed E-state index contributed by atoms with van der Waals surface area (Å²) in [6.45, 7) is 4.14. The molecule has 0 spiro atoms. The fraction of sp³-hybridized carbons (Fsp3) is 0.625. The maximum absolute atomic E-state index is 6.53. The van der Waals surface area contributed by atoms with Crippen molar-refractivity contribution in [2.45, 2.75) is 31.7 Å². The SMILES string of the molecule is Clc1ccc(Cl)c([C@@H](C2CCCC2)N2CCNCC2)c1Cl. The summed E-state index contributed by atoms with van der Waals surface area (Å²) in [4.78, 5) is 2.54. The number of hydrogen-bond acceptors (Lipinski definition) is 2. The lowest BCUT2D eigenvalue weighted by molar-refractivity contribution is 0.125. The van der Waals surface area contributed by atoms with Crippen molar-refractivity contribution in [2.24, 2.45) is 5.92 Å². The molecule has 1 saturated heterocycles. The number of nitrogens with one attached hydrogen (secondary N) is 1. The van der Waals surface area contributed by atoms with Crippen LogP contribution in [0.3, 0.4) is 0 Å². The van der Waals surface area contributed by atoms with E-state index in [1.54, 1.807) is 6.07 Å². The fourth-order valence-electron chi connectivity index (χ4n) is 3.76. The first-order chi connectivity index (χ1) is 10.2. The van der Waals surface area contributed by atoms with Crippen molar-refractivity contribution in [2.75, 3.05) is 26.2 Å². The summed E-state index contributed by atoms with van der Waals surface area (Å²) >= 11 is 19.3. The minimum absolute atomic E-state index is 0.299. The molecule has 3 rings (SSSR count). The van der Waals surface area contributed by atoms with Crippen molar-refractivity contribution in [3.63, 3.8) is 0 Å². The zero-order chi connectivity index (χ0) is 14.8. The Morgan fingerprint density at radius 2 is 1.62 bits per heavy atom. The molecule has 0 radical (unpaired) electrons. The van der Waals surface area contributed by atoms with Gasteiger partial charge in [0, 0.05) is 42.8 Å². The van der Waals surface area contributed by atoms with Crippen molar-refractivity contribution >= 4 is 34.8 Å². The number of benzene rings is 1. The molecule has 5 heteroatoms. The lowest BCUT2D eigenvalue weighted by Crippen LogP contribution is -2.46. The van der Waals surface area contributed by atoms with E-state index >= 15 is 0 Å². The van der Waals surface area contributed by atoms with Crippen LogP contribution in [-0.4, -0.2) is 31.1 Å². The van der Waals surface area contributed by atoms with Gasteiger partial charge in [0.1, 0.15) is 0 Å². The summed E-state index contributed by atoms with van der Waals surface area (Å²) < 4.78 is 0. The van der Waals surface area contributed by atoms with E-state index < -0.39 is 0 Å². The monoisotopic (exact) mass is 346 g/mol. The molecular weight excluding hydrogens is 327 g/mol. The van der Waals surface area contributed by atoms with Gasteiger partial charge in [0.2, 0.25) is 0 Å². The first-order valence-corrected chi connectivity index (χ1v) is 8.90. The summed E-state index contributed by atoms with van der Waals surface area (Å²) in [5.74, 6) is 0.636. The number of piperazine rings is 1. The van der Waals surface area contributed by atoms with Crippen LogP contribution in [-0.2, 0) is 0 Å². The van der Waals surface area contributed by atoms with Crippen LogP contribution >= 0.6 is 34.8 Å². The molecule has 1 aromatic rings. The third-order valence-electron chi connectivity index (χ3n) is 4.77. The van der Waals surface area contributed by atoms with Gasteiger partial charge in [-0.15, -0.1) is 0 Å². The Morgan fingerprint density at radius 1 is 1.00 bits per heavy atom. The van der Waals surface area contributed by atoms with E-state index in [4.69, 9.17) is 34.8 Å². The predicted molar refractivity (Wildman–Crippen MR) is 90.6 cm³/mol. The van der Waals surface area contributed by atoms with Crippen LogP contribution in [0.4, 0.5) is 0 Å². The van der Waals surface area contributed by atoms with Crippen LogP contribution in [0.1, 0.15) is 37.3 Å². The minimum atomic E-state index is 0.299. The van der Waals surface area contributed by atoms with Crippen molar-refractivity contribution in [1.29, 1.82) is 0 Å². The Kier molecular flexibility index (Phi) is 5.34. The molecule has 0 aromatic heterocycles. The highest BCUT2D eigenvalue weighted by atomic mass is 35.5. The van der Waals surface area contributed by atoms with Gasteiger partial charge < -0.3 is 5.32 Å². The molecule has 1 aliphatic heterocycles. The normalized spacial score (nSPS) is 22.6. The second-order valence-corrected chi connectivity index (χ2v) is 7.22. The van der Waals surface area contributed by atoms with Crippen molar-refractivity contribution in [1.82, 2.24) is 10.2 Å². The zero-order valence-corrected chi connectivity index (χ0v) is 14.3. The quantitative estimate of drug-likeness (QED) is 0.791. The van der Waals surface area contributed by atoms with Crippen LogP contribution < -0.4 is 5.32 Å². The van der Waals surface area contributed by atoms with E-state index in [0.29, 0.717) is 22.0 Å². The lowest BCUT2D eigenvalue weighted by atomic mass is 9.89. The molecule has 21 heavy (non-hydrogen) atoms. The Morgan fingerprint density at radius 3 is 2.29 bits per heavy atom. The molecule has 2 aliphatic rings. The van der Waals surface area contributed by atoms with Crippen LogP contribution in [0, 0.1) is 5.92 Å². The third kappa shape index (κ3) is 3.35. The number of hydrogen-bond donors (Lipinski definition) is 1. The van der Waals surface area contributed by atoms with Crippen LogP contribution in [0.2, 0.25) is 15.1 Å². The van der Waals surface area contributed by atoms with Gasteiger partial charge in [-0.25, -0.2) is 0 Å². The number of nitrogens with zero attached hydrogens (tertiary/aromatic N) is 1. The number of halogens is 3. The first-order valence-electron chi connectivity index (χ1n) is 7.76. The Balaban J connectivity index is 1.99. The maximum Gasteiger partial charge on any atom is 0.0655 e. The molecule has 1 heterocycles. The third-order valence-corrected chi connectivity index (χ3v) is 5.92. The lowest BCUT2D eigenvalue weighted by Gasteiger charge is -2.39. The van der Waals surface area contributed by atoms with Crippen LogP contribution in [0.25, 0.3) is 0 Å². The maximum atomic E-state index is 6.53. The van der Waals surface area contributed by atoms with Crippen LogP contribution in [0.15, 0.2) is 12.1 Å². The second-order valence-electron chi connectivity index (χ2n) is 6.03. The van der Waals surface area contributed by atoms with E-state index in [2.05, 4.69) is 10.2 Å². The Bertz CT molecular complexity index is 495. The minimum Gasteiger partial charge on any atom is -0.314 e. The van der Waals surface area contributed by atoms with Gasteiger partial charge in [-0.2, -0.15) is 0 Å². The molecule has 0 bridgehead atoms. The summed E-state index contributed by atoms with van der Waals surface area (Å²) in [6, 6.07) is 3.97. The van der Waals surface area contributed by atoms with Gasteiger partial charge in [-0.1, -0.05) is 47.6 Å². The van der Waals surface area contributed by atoms with Crippen molar-refractivity contribution in [3.05, 3.63) is 32.8 Å². The topological polar surface area (TPSA) is 15.3 Å². The smallest absolute Gasteiger partial charge is 0.0655 e. The highest BCUT2D eigenvalue weighted by Gasteiger charge is 2.34. The summed E-state index contributed by atoms with van der Waals surface area (Å²) in [6.07, 6.45) is 5.13. The number of rotatable bonds is 3. The average Bonchev–Trinajstić information content (AvgIpc) is 3.02. The molecule has 116 valence electrons. The molecule has 2 nitrogen and oxygen atoms in total. The second kappa shape index (κ2) is 7.06. The zero-order valence-electron chi connectivity index (χ0n) is 12.0. The summed E-state index contributed by atoms with van der Waals surface area (Å²) in [5.41, 5.74) is 1.04. The summed E-state index contributed by atoms with van der Waals surface area (Å²) in [7, 11) is 0. The molecule has 1 N–H and O–H groups in total. The van der Waals surface area contributed by atoms with E-state index in [1.807, 2.05) is 6.07 Å². The Labute approximate surface area is 141 Å². The molecule has 1 aliphatic carbocycles. The Hall–Kier alpha value is 0.01000. The van der Waals surface area contributed by atoms with Gasteiger partial charge in [0.15, 0.2) is 0 Å². The van der Waals surface area contributed by atoms with E-state index in [-0.39, 0.29) is 0 Å². The highest BCUT2D eigenvalue weighted by molar-refractivity contribution is 6.44. The van der Waals surface area contributed by atoms with Gasteiger partial charge >= 0.3 is 0 Å². The molecule has 1 atom stereocenters. The summed E-state index contributed by atoms with van der Waals surface area (Å²) in [5, 5.41) is 5.41. The predicted octanol–water partition coefficient (Wildman–Crippen LogP) is 4.78.